The van der Waals surface area contributed by atoms with Crippen LogP contribution >= 0.6 is 0 Å². The number of aromatic nitrogens is 1. The SMILES string of the molecule is O=C(O)CCCCCCCNC(=O)c1cc(=O)[nH]c2cc(F)ccc12. The maximum Gasteiger partial charge on any atom is 0.303 e. The molecule has 2 rings (SSSR count). The second-order valence-corrected chi connectivity index (χ2v) is 5.90. The molecule has 0 bridgehead atoms. The van der Waals surface area contributed by atoms with E-state index in [2.05, 4.69) is 10.3 Å². The van der Waals surface area contributed by atoms with Crippen LogP contribution in [0.25, 0.3) is 10.9 Å². The molecule has 25 heavy (non-hydrogen) atoms. The molecule has 1 amide bonds. The lowest BCUT2D eigenvalue weighted by Gasteiger charge is -2.08. The number of pyridine rings is 1. The Morgan fingerprint density at radius 1 is 1.08 bits per heavy atom. The zero-order valence-corrected chi connectivity index (χ0v) is 13.8. The van der Waals surface area contributed by atoms with E-state index in [1.807, 2.05) is 0 Å². The molecule has 0 fully saturated rings. The lowest BCUT2D eigenvalue weighted by atomic mass is 10.1. The van der Waals surface area contributed by atoms with Gasteiger partial charge in [-0.2, -0.15) is 0 Å². The summed E-state index contributed by atoms with van der Waals surface area (Å²) in [6, 6.07) is 5.11. The maximum atomic E-state index is 13.3. The molecular weight excluding hydrogens is 327 g/mol. The molecule has 0 atom stereocenters. The van der Waals surface area contributed by atoms with Gasteiger partial charge in [-0.05, 0) is 31.0 Å². The van der Waals surface area contributed by atoms with Gasteiger partial charge in [-0.3, -0.25) is 14.4 Å². The number of hydrogen-bond donors (Lipinski definition) is 3. The zero-order valence-electron chi connectivity index (χ0n) is 13.8. The van der Waals surface area contributed by atoms with E-state index in [1.54, 1.807) is 0 Å². The fraction of sp³-hybridized carbons (Fsp3) is 0.389. The monoisotopic (exact) mass is 348 g/mol. The van der Waals surface area contributed by atoms with Gasteiger partial charge in [0, 0.05) is 24.4 Å². The molecule has 134 valence electrons. The van der Waals surface area contributed by atoms with Gasteiger partial charge in [0.2, 0.25) is 5.56 Å². The topological polar surface area (TPSA) is 99.3 Å². The molecule has 2 aromatic rings. The Hall–Kier alpha value is -2.70. The first-order valence-corrected chi connectivity index (χ1v) is 8.30. The van der Waals surface area contributed by atoms with Crippen LogP contribution < -0.4 is 10.9 Å². The van der Waals surface area contributed by atoms with E-state index in [0.717, 1.165) is 25.7 Å². The van der Waals surface area contributed by atoms with Crippen LogP contribution in [0.4, 0.5) is 4.39 Å². The Kier molecular flexibility index (Phi) is 6.68. The van der Waals surface area contributed by atoms with E-state index in [4.69, 9.17) is 5.11 Å². The number of unbranched alkanes of at least 4 members (excludes halogenated alkanes) is 4. The summed E-state index contributed by atoms with van der Waals surface area (Å²) in [5.41, 5.74) is 0.0537. The summed E-state index contributed by atoms with van der Waals surface area (Å²) in [6.45, 7) is 0.466. The largest absolute Gasteiger partial charge is 0.481 e. The van der Waals surface area contributed by atoms with Gasteiger partial charge in [0.1, 0.15) is 5.82 Å². The van der Waals surface area contributed by atoms with Crippen molar-refractivity contribution < 1.29 is 19.1 Å². The second kappa shape index (κ2) is 8.96. The molecule has 1 aromatic heterocycles. The summed E-state index contributed by atoms with van der Waals surface area (Å²) in [6.07, 6.45) is 4.28. The molecule has 7 heteroatoms. The highest BCUT2D eigenvalue weighted by Crippen LogP contribution is 2.16. The highest BCUT2D eigenvalue weighted by molar-refractivity contribution is 6.05. The predicted molar refractivity (Wildman–Crippen MR) is 92.2 cm³/mol. The lowest BCUT2D eigenvalue weighted by Crippen LogP contribution is -2.26. The molecule has 0 saturated carbocycles. The number of H-pyrrole nitrogens is 1. The minimum atomic E-state index is -0.780. The number of fused-ring (bicyclic) bond motifs is 1. The van der Waals surface area contributed by atoms with Gasteiger partial charge in [0.25, 0.3) is 5.91 Å². The Labute approximate surface area is 144 Å². The average Bonchev–Trinajstić information content (AvgIpc) is 2.55. The summed E-state index contributed by atoms with van der Waals surface area (Å²) >= 11 is 0. The Balaban J connectivity index is 1.84. The second-order valence-electron chi connectivity index (χ2n) is 5.90. The van der Waals surface area contributed by atoms with Gasteiger partial charge in [-0.25, -0.2) is 4.39 Å². The summed E-state index contributed by atoms with van der Waals surface area (Å²) < 4.78 is 13.3. The van der Waals surface area contributed by atoms with Crippen LogP contribution in [0.2, 0.25) is 0 Å². The van der Waals surface area contributed by atoms with Crippen molar-refractivity contribution in [1.29, 1.82) is 0 Å². The molecule has 0 saturated heterocycles. The van der Waals surface area contributed by atoms with E-state index in [9.17, 15) is 18.8 Å². The summed E-state index contributed by atoms with van der Waals surface area (Å²) in [4.78, 5) is 36.8. The molecule has 0 unspecified atom stereocenters. The number of aliphatic carboxylic acids is 1. The first-order chi connectivity index (χ1) is 12.0. The minimum Gasteiger partial charge on any atom is -0.481 e. The van der Waals surface area contributed by atoms with Crippen molar-refractivity contribution in [3.63, 3.8) is 0 Å². The van der Waals surface area contributed by atoms with Crippen molar-refractivity contribution in [2.75, 3.05) is 6.54 Å². The minimum absolute atomic E-state index is 0.187. The Morgan fingerprint density at radius 2 is 1.80 bits per heavy atom. The number of carboxylic acids is 1. The number of benzene rings is 1. The number of amides is 1. The molecule has 1 heterocycles. The van der Waals surface area contributed by atoms with E-state index >= 15 is 0 Å². The van der Waals surface area contributed by atoms with E-state index in [0.29, 0.717) is 18.4 Å². The highest BCUT2D eigenvalue weighted by Gasteiger charge is 2.11. The summed E-state index contributed by atoms with van der Waals surface area (Å²) in [5.74, 6) is -1.63. The third-order valence-electron chi connectivity index (χ3n) is 3.90. The van der Waals surface area contributed by atoms with Crippen LogP contribution in [0, 0.1) is 5.82 Å². The van der Waals surface area contributed by atoms with Gasteiger partial charge in [0.15, 0.2) is 0 Å². The van der Waals surface area contributed by atoms with E-state index in [-0.39, 0.29) is 23.4 Å². The lowest BCUT2D eigenvalue weighted by molar-refractivity contribution is -0.137. The molecule has 0 aliphatic carbocycles. The molecule has 0 aliphatic rings. The fourth-order valence-corrected chi connectivity index (χ4v) is 2.65. The Bertz CT molecular complexity index is 816. The third-order valence-corrected chi connectivity index (χ3v) is 3.90. The van der Waals surface area contributed by atoms with Gasteiger partial charge in [-0.15, -0.1) is 0 Å². The number of halogens is 1. The van der Waals surface area contributed by atoms with Crippen LogP contribution in [0.5, 0.6) is 0 Å². The predicted octanol–water partition coefficient (Wildman–Crippen LogP) is 2.82. The van der Waals surface area contributed by atoms with E-state index < -0.39 is 17.3 Å². The summed E-state index contributed by atoms with van der Waals surface area (Å²) in [5, 5.41) is 11.8. The average molecular weight is 348 g/mol. The number of nitrogens with one attached hydrogen (secondary N) is 2. The van der Waals surface area contributed by atoms with Crippen molar-refractivity contribution in [2.24, 2.45) is 0 Å². The number of hydrogen-bond acceptors (Lipinski definition) is 3. The standard InChI is InChI=1S/C18H21FN2O4/c19-12-7-8-13-14(11-16(22)21-15(13)10-12)18(25)20-9-5-3-1-2-4-6-17(23)24/h7-8,10-11H,1-6,9H2,(H,20,25)(H,21,22)(H,23,24). The highest BCUT2D eigenvalue weighted by atomic mass is 19.1. The molecule has 0 radical (unpaired) electrons. The molecule has 1 aromatic carbocycles. The zero-order chi connectivity index (χ0) is 18.2. The van der Waals surface area contributed by atoms with Crippen molar-refractivity contribution in [1.82, 2.24) is 10.3 Å². The quantitative estimate of drug-likeness (QED) is 0.607. The molecule has 3 N–H and O–H groups in total. The fourth-order valence-electron chi connectivity index (χ4n) is 2.65. The number of carbonyl (C=O) groups excluding carboxylic acids is 1. The first kappa shape index (κ1) is 18.6. The van der Waals surface area contributed by atoms with Crippen molar-refractivity contribution in [3.8, 4) is 0 Å². The summed E-state index contributed by atoms with van der Waals surface area (Å²) in [7, 11) is 0. The van der Waals surface area contributed by atoms with Gasteiger partial charge >= 0.3 is 5.97 Å². The molecule has 0 aliphatic heterocycles. The maximum absolute atomic E-state index is 13.3. The number of aromatic amines is 1. The van der Waals surface area contributed by atoms with Crippen molar-refractivity contribution in [3.05, 3.63) is 46.0 Å². The van der Waals surface area contributed by atoms with Crippen LogP contribution in [-0.2, 0) is 4.79 Å². The smallest absolute Gasteiger partial charge is 0.303 e. The van der Waals surface area contributed by atoms with Crippen LogP contribution in [-0.4, -0.2) is 28.5 Å². The van der Waals surface area contributed by atoms with Gasteiger partial charge < -0.3 is 15.4 Å². The van der Waals surface area contributed by atoms with Crippen molar-refractivity contribution in [2.45, 2.75) is 38.5 Å². The van der Waals surface area contributed by atoms with Crippen LogP contribution in [0.3, 0.4) is 0 Å². The van der Waals surface area contributed by atoms with Crippen LogP contribution in [0.1, 0.15) is 48.9 Å². The van der Waals surface area contributed by atoms with Crippen molar-refractivity contribution >= 4 is 22.8 Å². The first-order valence-electron chi connectivity index (χ1n) is 8.30. The van der Waals surface area contributed by atoms with Gasteiger partial charge in [-0.1, -0.05) is 19.3 Å². The third kappa shape index (κ3) is 5.70. The Morgan fingerprint density at radius 3 is 2.56 bits per heavy atom. The molecular formula is C18H21FN2O4. The molecule has 0 spiro atoms. The number of rotatable bonds is 9. The normalized spacial score (nSPS) is 10.8. The van der Waals surface area contributed by atoms with Gasteiger partial charge in [0.05, 0.1) is 11.1 Å². The van der Waals surface area contributed by atoms with Crippen LogP contribution in [0.15, 0.2) is 29.1 Å². The van der Waals surface area contributed by atoms with E-state index in [1.165, 1.54) is 24.3 Å². The molecule has 6 nitrogen and oxygen atoms in total. The number of carbonyl (C=O) groups is 2. The number of carboxylic acid groups (broad SMARTS) is 1.